The van der Waals surface area contributed by atoms with Crippen LogP contribution in [-0.2, 0) is 14.3 Å². The fourth-order valence-electron chi connectivity index (χ4n) is 1.14. The van der Waals surface area contributed by atoms with Crippen molar-refractivity contribution in [2.75, 3.05) is 26.4 Å². The minimum atomic E-state index is -0.866. The zero-order chi connectivity index (χ0) is 9.68. The number of rotatable bonds is 4. The number of hydrogen-bond acceptors (Lipinski definition) is 4. The Morgan fingerprint density at radius 2 is 2.54 bits per heavy atom. The molecule has 1 rings (SSSR count). The van der Waals surface area contributed by atoms with Gasteiger partial charge in [-0.25, -0.2) is 0 Å². The normalized spacial score (nSPS) is 28.7. The van der Waals surface area contributed by atoms with E-state index in [0.717, 1.165) is 0 Å². The molecule has 1 fully saturated rings. The fraction of sp³-hybridized carbons (Fsp3) is 0.875. The Morgan fingerprint density at radius 3 is 3.00 bits per heavy atom. The first-order chi connectivity index (χ1) is 6.24. The summed E-state index contributed by atoms with van der Waals surface area (Å²) in [5.41, 5.74) is 0. The van der Waals surface area contributed by atoms with Crippen LogP contribution in [0.1, 0.15) is 6.92 Å². The molecule has 2 unspecified atom stereocenters. The van der Waals surface area contributed by atoms with E-state index in [-0.39, 0.29) is 12.7 Å². The third-order valence-corrected chi connectivity index (χ3v) is 1.90. The Bertz CT molecular complexity index is 166. The Morgan fingerprint density at radius 1 is 1.77 bits per heavy atom. The molecule has 1 aliphatic heterocycles. The van der Waals surface area contributed by atoms with Crippen LogP contribution in [0.4, 0.5) is 0 Å². The highest BCUT2D eigenvalue weighted by Gasteiger charge is 2.25. The molecule has 0 bridgehead atoms. The van der Waals surface area contributed by atoms with Crippen LogP contribution < -0.4 is 5.32 Å². The molecular weight excluding hydrogens is 174 g/mol. The number of ether oxygens (including phenoxy) is 2. The van der Waals surface area contributed by atoms with Crippen molar-refractivity contribution in [2.45, 2.75) is 19.1 Å². The average Bonchev–Trinajstić information content (AvgIpc) is 2.15. The van der Waals surface area contributed by atoms with Gasteiger partial charge in [0.25, 0.3) is 0 Å². The van der Waals surface area contributed by atoms with Crippen molar-refractivity contribution in [3.63, 3.8) is 0 Å². The van der Waals surface area contributed by atoms with Gasteiger partial charge in [0, 0.05) is 13.2 Å². The van der Waals surface area contributed by atoms with Crippen LogP contribution in [0, 0.1) is 0 Å². The van der Waals surface area contributed by atoms with E-state index in [1.54, 1.807) is 0 Å². The lowest BCUT2D eigenvalue weighted by molar-refractivity contribution is -0.145. The molecule has 0 spiro atoms. The summed E-state index contributed by atoms with van der Waals surface area (Å²) in [6, 6.07) is -0.571. The van der Waals surface area contributed by atoms with Gasteiger partial charge in [0.1, 0.15) is 6.04 Å². The van der Waals surface area contributed by atoms with Crippen molar-refractivity contribution in [3.05, 3.63) is 0 Å². The summed E-state index contributed by atoms with van der Waals surface area (Å²) in [7, 11) is 0. The first-order valence-electron chi connectivity index (χ1n) is 4.39. The summed E-state index contributed by atoms with van der Waals surface area (Å²) < 4.78 is 10.4. The van der Waals surface area contributed by atoms with E-state index >= 15 is 0 Å². The van der Waals surface area contributed by atoms with Crippen LogP contribution in [0.15, 0.2) is 0 Å². The van der Waals surface area contributed by atoms with Gasteiger partial charge < -0.3 is 14.6 Å². The Balaban J connectivity index is 2.18. The molecule has 1 aliphatic rings. The number of morpholine rings is 1. The highest BCUT2D eigenvalue weighted by Crippen LogP contribution is 2.01. The van der Waals surface area contributed by atoms with Crippen molar-refractivity contribution in [2.24, 2.45) is 0 Å². The Hall–Kier alpha value is -0.650. The summed E-state index contributed by atoms with van der Waals surface area (Å²) >= 11 is 0. The number of carboxylic acid groups (broad SMARTS) is 1. The third-order valence-electron chi connectivity index (χ3n) is 1.90. The fourth-order valence-corrected chi connectivity index (χ4v) is 1.14. The predicted molar refractivity (Wildman–Crippen MR) is 45.7 cm³/mol. The van der Waals surface area contributed by atoms with E-state index < -0.39 is 12.0 Å². The Labute approximate surface area is 77.0 Å². The first kappa shape index (κ1) is 10.4. The van der Waals surface area contributed by atoms with Crippen LogP contribution in [-0.4, -0.2) is 49.6 Å². The lowest BCUT2D eigenvalue weighted by atomic mass is 10.2. The molecule has 0 aliphatic carbocycles. The summed E-state index contributed by atoms with van der Waals surface area (Å²) in [4.78, 5) is 10.5. The molecule has 0 aromatic carbocycles. The average molecular weight is 189 g/mol. The number of hydrogen-bond donors (Lipinski definition) is 2. The maximum atomic E-state index is 10.5. The van der Waals surface area contributed by atoms with E-state index in [1.165, 1.54) is 0 Å². The summed E-state index contributed by atoms with van der Waals surface area (Å²) in [5, 5.41) is 11.5. The highest BCUT2D eigenvalue weighted by atomic mass is 16.5. The van der Waals surface area contributed by atoms with Crippen molar-refractivity contribution >= 4 is 5.97 Å². The molecule has 0 radical (unpaired) electrons. The van der Waals surface area contributed by atoms with Gasteiger partial charge in [0.15, 0.2) is 0 Å². The van der Waals surface area contributed by atoms with Gasteiger partial charge in [-0.05, 0) is 6.92 Å². The predicted octanol–water partition coefficient (Wildman–Crippen LogP) is -0.535. The number of aliphatic carboxylic acids is 1. The molecule has 0 aromatic heterocycles. The minimum Gasteiger partial charge on any atom is -0.480 e. The molecule has 76 valence electrons. The van der Waals surface area contributed by atoms with E-state index in [0.29, 0.717) is 19.8 Å². The molecule has 1 saturated heterocycles. The van der Waals surface area contributed by atoms with Gasteiger partial charge in [-0.1, -0.05) is 0 Å². The largest absolute Gasteiger partial charge is 0.480 e. The third kappa shape index (κ3) is 3.30. The molecule has 2 atom stereocenters. The van der Waals surface area contributed by atoms with Gasteiger partial charge in [-0.2, -0.15) is 0 Å². The molecule has 0 saturated carbocycles. The van der Waals surface area contributed by atoms with Crippen molar-refractivity contribution in [1.29, 1.82) is 0 Å². The van der Waals surface area contributed by atoms with Crippen molar-refractivity contribution in [1.82, 2.24) is 5.32 Å². The SMILES string of the molecule is CCOCC1CNC(C(=O)O)CO1. The zero-order valence-corrected chi connectivity index (χ0v) is 7.66. The number of nitrogens with one attached hydrogen (secondary N) is 1. The number of carbonyl (C=O) groups is 1. The van der Waals surface area contributed by atoms with Crippen molar-refractivity contribution < 1.29 is 19.4 Å². The summed E-state index contributed by atoms with van der Waals surface area (Å²) in [5.74, 6) is -0.866. The van der Waals surface area contributed by atoms with Gasteiger partial charge >= 0.3 is 5.97 Å². The van der Waals surface area contributed by atoms with Gasteiger partial charge in [-0.3, -0.25) is 10.1 Å². The van der Waals surface area contributed by atoms with Gasteiger partial charge in [-0.15, -0.1) is 0 Å². The second-order valence-corrected chi connectivity index (χ2v) is 2.91. The second kappa shape index (κ2) is 5.16. The lowest BCUT2D eigenvalue weighted by Crippen LogP contribution is -2.51. The van der Waals surface area contributed by atoms with E-state index in [2.05, 4.69) is 5.32 Å². The first-order valence-corrected chi connectivity index (χ1v) is 4.39. The van der Waals surface area contributed by atoms with E-state index in [1.807, 2.05) is 6.92 Å². The highest BCUT2D eigenvalue weighted by molar-refractivity contribution is 5.73. The summed E-state index contributed by atoms with van der Waals surface area (Å²) in [6.45, 7) is 3.85. The maximum Gasteiger partial charge on any atom is 0.323 e. The van der Waals surface area contributed by atoms with Crippen LogP contribution >= 0.6 is 0 Å². The molecule has 0 amide bonds. The molecule has 5 nitrogen and oxygen atoms in total. The lowest BCUT2D eigenvalue weighted by Gasteiger charge is -2.27. The topological polar surface area (TPSA) is 67.8 Å². The summed E-state index contributed by atoms with van der Waals surface area (Å²) in [6.07, 6.45) is -0.0180. The molecular formula is C8H15NO4. The van der Waals surface area contributed by atoms with Crippen LogP contribution in [0.25, 0.3) is 0 Å². The zero-order valence-electron chi connectivity index (χ0n) is 7.66. The standard InChI is InChI=1S/C8H15NO4/c1-2-12-4-6-3-9-7(5-13-6)8(10)11/h6-7,9H,2-5H2,1H3,(H,10,11). The smallest absolute Gasteiger partial charge is 0.323 e. The monoisotopic (exact) mass is 189 g/mol. The quantitative estimate of drug-likeness (QED) is 0.622. The molecule has 1 heterocycles. The number of carboxylic acids is 1. The maximum absolute atomic E-state index is 10.5. The van der Waals surface area contributed by atoms with Gasteiger partial charge in [0.05, 0.1) is 19.3 Å². The Kier molecular flexibility index (Phi) is 4.14. The van der Waals surface area contributed by atoms with Crippen LogP contribution in [0.3, 0.4) is 0 Å². The van der Waals surface area contributed by atoms with E-state index in [4.69, 9.17) is 14.6 Å². The van der Waals surface area contributed by atoms with Crippen LogP contribution in [0.5, 0.6) is 0 Å². The molecule has 5 heteroatoms. The molecule has 13 heavy (non-hydrogen) atoms. The molecule has 0 aromatic rings. The second-order valence-electron chi connectivity index (χ2n) is 2.91. The van der Waals surface area contributed by atoms with Gasteiger partial charge in [0.2, 0.25) is 0 Å². The molecule has 2 N–H and O–H groups in total. The van der Waals surface area contributed by atoms with Crippen molar-refractivity contribution in [3.8, 4) is 0 Å². The van der Waals surface area contributed by atoms with Crippen LogP contribution in [0.2, 0.25) is 0 Å². The minimum absolute atomic E-state index is 0.0180. The van der Waals surface area contributed by atoms with E-state index in [9.17, 15) is 4.79 Å².